The summed E-state index contributed by atoms with van der Waals surface area (Å²) in [4.78, 5) is 11.1. The minimum Gasteiger partial charge on any atom is -0.461 e. The molecule has 1 N–H and O–H groups in total. The minimum absolute atomic E-state index is 0.0256. The molecule has 0 saturated carbocycles. The lowest BCUT2D eigenvalue weighted by molar-refractivity contribution is -0.142. The largest absolute Gasteiger partial charge is 0.461 e. The van der Waals surface area contributed by atoms with Gasteiger partial charge in [0, 0.05) is 13.0 Å². The summed E-state index contributed by atoms with van der Waals surface area (Å²) in [7, 11) is 0. The second-order valence-corrected chi connectivity index (χ2v) is 3.90. The molecule has 68 valence electrons. The molecule has 2 fully saturated rings. The molecule has 5 nitrogen and oxygen atoms in total. The molecule has 0 amide bonds. The zero-order chi connectivity index (χ0) is 8.72. The van der Waals surface area contributed by atoms with E-state index in [1.807, 2.05) is 0 Å². The van der Waals surface area contributed by atoms with Gasteiger partial charge in [0.2, 0.25) is 11.3 Å². The van der Waals surface area contributed by atoms with Crippen LogP contribution in [0.3, 0.4) is 0 Å². The third-order valence-corrected chi connectivity index (χ3v) is 3.10. The fourth-order valence-corrected chi connectivity index (χ4v) is 2.31. The molecule has 2 aliphatic heterocycles. The molecule has 0 radical (unpaired) electrons. The first-order valence-electron chi connectivity index (χ1n) is 3.76. The lowest BCUT2D eigenvalue weighted by atomic mass is 10.1. The van der Waals surface area contributed by atoms with Gasteiger partial charge >= 0.3 is 5.97 Å². The maximum atomic E-state index is 11.1. The molecular weight excluding hydrogens is 182 g/mol. The summed E-state index contributed by atoms with van der Waals surface area (Å²) in [5, 5.41) is 0. The number of rotatable bonds is 1. The van der Waals surface area contributed by atoms with Crippen molar-refractivity contribution in [3.8, 4) is 0 Å². The summed E-state index contributed by atoms with van der Waals surface area (Å²) in [6, 6.07) is -0.491. The normalized spacial score (nSPS) is 37.9. The zero-order valence-electron chi connectivity index (χ0n) is 6.30. The van der Waals surface area contributed by atoms with E-state index in [0.29, 0.717) is 19.4 Å². The standard InChI is InChI=1S/C6H9NO4S/c8-6-5-3-4(11-6)1-2-7(5)12(9)10/h4-5H,1-3H2,(H,9,10)/t4-,5+/m0/s1. The number of hydrogen-bond acceptors (Lipinski definition) is 3. The van der Waals surface area contributed by atoms with Crippen molar-refractivity contribution in [1.82, 2.24) is 4.31 Å². The van der Waals surface area contributed by atoms with Gasteiger partial charge in [-0.1, -0.05) is 0 Å². The predicted molar refractivity (Wildman–Crippen MR) is 40.4 cm³/mol. The SMILES string of the molecule is O=C1O[C@H]2CCN(S(=O)O)[C@@H]1C2. The van der Waals surface area contributed by atoms with E-state index in [0.717, 1.165) is 0 Å². The molecule has 0 aromatic rings. The van der Waals surface area contributed by atoms with Gasteiger partial charge in [-0.25, -0.2) is 4.21 Å². The molecule has 6 heteroatoms. The third-order valence-electron chi connectivity index (χ3n) is 2.26. The smallest absolute Gasteiger partial charge is 0.324 e. The number of carbonyl (C=O) groups excluding carboxylic acids is 1. The third kappa shape index (κ3) is 1.16. The topological polar surface area (TPSA) is 66.8 Å². The maximum absolute atomic E-state index is 11.1. The molecule has 2 heterocycles. The van der Waals surface area contributed by atoms with Crippen molar-refractivity contribution in [3.05, 3.63) is 0 Å². The van der Waals surface area contributed by atoms with Crippen molar-refractivity contribution in [2.24, 2.45) is 0 Å². The van der Waals surface area contributed by atoms with Crippen LogP contribution in [0.1, 0.15) is 12.8 Å². The van der Waals surface area contributed by atoms with Gasteiger partial charge in [-0.3, -0.25) is 9.35 Å². The molecule has 12 heavy (non-hydrogen) atoms. The van der Waals surface area contributed by atoms with Gasteiger partial charge in [-0.15, -0.1) is 0 Å². The summed E-state index contributed by atoms with van der Waals surface area (Å²) in [6.45, 7) is 0.462. The zero-order valence-corrected chi connectivity index (χ0v) is 7.12. The van der Waals surface area contributed by atoms with Gasteiger partial charge in [-0.2, -0.15) is 4.31 Å². The Balaban J connectivity index is 2.18. The molecular formula is C6H9NO4S. The van der Waals surface area contributed by atoms with Gasteiger partial charge in [-0.05, 0) is 6.42 Å². The first kappa shape index (κ1) is 8.15. The van der Waals surface area contributed by atoms with Crippen molar-refractivity contribution in [2.75, 3.05) is 6.54 Å². The van der Waals surface area contributed by atoms with Crippen molar-refractivity contribution in [1.29, 1.82) is 0 Å². The molecule has 2 bridgehead atoms. The molecule has 1 unspecified atom stereocenters. The molecule has 0 aliphatic carbocycles. The van der Waals surface area contributed by atoms with Crippen LogP contribution in [0.5, 0.6) is 0 Å². The Kier molecular flexibility index (Phi) is 1.90. The Labute approximate surface area is 72.1 Å². The van der Waals surface area contributed by atoms with Crippen molar-refractivity contribution in [2.45, 2.75) is 25.0 Å². The fourth-order valence-electron chi connectivity index (χ4n) is 1.66. The second kappa shape index (κ2) is 2.79. The Morgan fingerprint density at radius 2 is 2.42 bits per heavy atom. The van der Waals surface area contributed by atoms with Crippen LogP contribution in [0.25, 0.3) is 0 Å². The number of piperidine rings is 1. The molecule has 0 aromatic heterocycles. The van der Waals surface area contributed by atoms with E-state index in [-0.39, 0.29) is 12.1 Å². The van der Waals surface area contributed by atoms with E-state index in [2.05, 4.69) is 0 Å². The quantitative estimate of drug-likeness (QED) is 0.448. The average molecular weight is 191 g/mol. The second-order valence-electron chi connectivity index (χ2n) is 2.97. The highest BCUT2D eigenvalue weighted by Crippen LogP contribution is 2.28. The minimum atomic E-state index is -2.04. The Morgan fingerprint density at radius 3 is 3.08 bits per heavy atom. The highest BCUT2D eigenvalue weighted by Gasteiger charge is 2.44. The molecule has 2 rings (SSSR count). The first-order chi connectivity index (χ1) is 5.68. The number of nitrogens with zero attached hydrogens (tertiary/aromatic N) is 1. The average Bonchev–Trinajstić information content (AvgIpc) is 2.28. The van der Waals surface area contributed by atoms with Gasteiger partial charge in [0.15, 0.2) is 0 Å². The molecule has 2 aliphatic rings. The van der Waals surface area contributed by atoms with Gasteiger partial charge in [0.25, 0.3) is 0 Å². The molecule has 0 aromatic carbocycles. The summed E-state index contributed by atoms with van der Waals surface area (Å²) in [6.07, 6.45) is 1.20. The number of ether oxygens (including phenoxy) is 1. The summed E-state index contributed by atoms with van der Waals surface area (Å²) < 4.78 is 25.7. The van der Waals surface area contributed by atoms with E-state index < -0.39 is 17.3 Å². The van der Waals surface area contributed by atoms with E-state index >= 15 is 0 Å². The van der Waals surface area contributed by atoms with Gasteiger partial charge < -0.3 is 4.74 Å². The fraction of sp³-hybridized carbons (Fsp3) is 0.833. The highest BCUT2D eigenvalue weighted by molar-refractivity contribution is 7.76. The monoisotopic (exact) mass is 191 g/mol. The van der Waals surface area contributed by atoms with Crippen LogP contribution in [0.15, 0.2) is 0 Å². The van der Waals surface area contributed by atoms with Crippen LogP contribution in [0, 0.1) is 0 Å². The number of carbonyl (C=O) groups is 1. The van der Waals surface area contributed by atoms with Crippen LogP contribution >= 0.6 is 0 Å². The highest BCUT2D eigenvalue weighted by atomic mass is 32.2. The molecule has 3 atom stereocenters. The van der Waals surface area contributed by atoms with Crippen LogP contribution < -0.4 is 0 Å². The maximum Gasteiger partial charge on any atom is 0.324 e. The van der Waals surface area contributed by atoms with Crippen LogP contribution in [0.2, 0.25) is 0 Å². The summed E-state index contributed by atoms with van der Waals surface area (Å²) in [5.74, 6) is -0.361. The lowest BCUT2D eigenvalue weighted by Gasteiger charge is -2.24. The molecule has 0 spiro atoms. The van der Waals surface area contributed by atoms with Gasteiger partial charge in [0.05, 0.1) is 0 Å². The van der Waals surface area contributed by atoms with E-state index in [9.17, 15) is 9.00 Å². The number of hydrogen-bond donors (Lipinski definition) is 1. The first-order valence-corrected chi connectivity index (χ1v) is 4.83. The Hall–Kier alpha value is -0.460. The Bertz CT molecular complexity index is 244. The summed E-state index contributed by atoms with van der Waals surface area (Å²) in [5.41, 5.74) is 0. The Morgan fingerprint density at radius 1 is 1.67 bits per heavy atom. The van der Waals surface area contributed by atoms with Crippen molar-refractivity contribution < 1.29 is 18.3 Å². The number of fused-ring (bicyclic) bond motifs is 2. The van der Waals surface area contributed by atoms with E-state index in [1.165, 1.54) is 4.31 Å². The number of esters is 1. The lowest BCUT2D eigenvalue weighted by Crippen LogP contribution is -2.42. The van der Waals surface area contributed by atoms with Crippen LogP contribution in [-0.4, -0.2) is 37.7 Å². The van der Waals surface area contributed by atoms with Crippen molar-refractivity contribution >= 4 is 17.2 Å². The van der Waals surface area contributed by atoms with Crippen LogP contribution in [0.4, 0.5) is 0 Å². The van der Waals surface area contributed by atoms with E-state index in [1.54, 1.807) is 0 Å². The van der Waals surface area contributed by atoms with E-state index in [4.69, 9.17) is 9.29 Å². The van der Waals surface area contributed by atoms with Gasteiger partial charge in [0.1, 0.15) is 12.1 Å². The predicted octanol–water partition coefficient (Wildman–Crippen LogP) is -0.487. The summed E-state index contributed by atoms with van der Waals surface area (Å²) >= 11 is -2.04. The van der Waals surface area contributed by atoms with Crippen LogP contribution in [-0.2, 0) is 20.8 Å². The molecule has 2 saturated heterocycles. The van der Waals surface area contributed by atoms with Crippen molar-refractivity contribution in [3.63, 3.8) is 0 Å².